The van der Waals surface area contributed by atoms with Crippen LogP contribution in [0.1, 0.15) is 44.4 Å². The van der Waals surface area contributed by atoms with Crippen LogP contribution in [-0.4, -0.2) is 27.7 Å². The molecular weight excluding hydrogens is 509 g/mol. The van der Waals surface area contributed by atoms with Gasteiger partial charge in [-0.2, -0.15) is 18.4 Å². The number of hydrogen-bond acceptors (Lipinski definition) is 4. The van der Waals surface area contributed by atoms with Crippen LogP contribution in [-0.2, 0) is 6.18 Å². The number of Topliss-reactive ketones (excluding diaryl/α,β-unsaturated/α-hetero) is 1. The largest absolute Gasteiger partial charge is 0.497 e. The van der Waals surface area contributed by atoms with Gasteiger partial charge in [-0.05, 0) is 67.1 Å². The summed E-state index contributed by atoms with van der Waals surface area (Å²) in [5, 5.41) is 12.8. The van der Waals surface area contributed by atoms with E-state index in [9.17, 15) is 22.8 Å². The maximum atomic E-state index is 14.0. The summed E-state index contributed by atoms with van der Waals surface area (Å²) in [7, 11) is 1.53. The summed E-state index contributed by atoms with van der Waals surface area (Å²) < 4.78 is 45.6. The van der Waals surface area contributed by atoms with Gasteiger partial charge in [0.2, 0.25) is 0 Å². The molecular formula is C29H21F3N4O3. The predicted molar refractivity (Wildman–Crippen MR) is 138 cm³/mol. The quantitative estimate of drug-likeness (QED) is 0.268. The van der Waals surface area contributed by atoms with Gasteiger partial charge in [-0.1, -0.05) is 12.1 Å². The van der Waals surface area contributed by atoms with E-state index in [0.717, 1.165) is 22.3 Å². The first-order valence-corrected chi connectivity index (χ1v) is 11.8. The fraction of sp³-hybridized carbons (Fsp3) is 0.138. The Balaban J connectivity index is 1.68. The van der Waals surface area contributed by atoms with Gasteiger partial charge in [0.25, 0.3) is 5.56 Å². The molecule has 5 rings (SSSR count). The van der Waals surface area contributed by atoms with Crippen molar-refractivity contribution in [1.82, 2.24) is 14.8 Å². The van der Waals surface area contributed by atoms with E-state index in [1.54, 1.807) is 24.3 Å². The number of ether oxygens (including phenoxy) is 1. The monoisotopic (exact) mass is 530 g/mol. The van der Waals surface area contributed by atoms with Crippen LogP contribution in [0.4, 0.5) is 13.2 Å². The van der Waals surface area contributed by atoms with Crippen molar-refractivity contribution in [2.24, 2.45) is 0 Å². The third kappa shape index (κ3) is 4.70. The number of ketones is 1. The second-order valence-electron chi connectivity index (χ2n) is 8.99. The number of fused-ring (bicyclic) bond motifs is 1. The molecule has 7 nitrogen and oxygen atoms in total. The Bertz CT molecular complexity index is 1790. The molecule has 0 radical (unpaired) electrons. The van der Waals surface area contributed by atoms with E-state index in [4.69, 9.17) is 10.00 Å². The van der Waals surface area contributed by atoms with E-state index in [1.165, 1.54) is 37.4 Å². The fourth-order valence-electron chi connectivity index (χ4n) is 4.68. The number of halogens is 3. The number of nitriles is 1. The highest BCUT2D eigenvalue weighted by Crippen LogP contribution is 2.37. The Labute approximate surface area is 220 Å². The highest BCUT2D eigenvalue weighted by atomic mass is 19.4. The summed E-state index contributed by atoms with van der Waals surface area (Å²) in [4.78, 5) is 30.3. The van der Waals surface area contributed by atoms with E-state index in [2.05, 4.69) is 10.1 Å². The molecule has 3 aromatic carbocycles. The molecule has 196 valence electrons. The van der Waals surface area contributed by atoms with Gasteiger partial charge in [-0.15, -0.1) is 0 Å². The first-order valence-electron chi connectivity index (χ1n) is 11.8. The lowest BCUT2D eigenvalue weighted by Crippen LogP contribution is -2.16. The second-order valence-corrected chi connectivity index (χ2v) is 8.99. The maximum absolute atomic E-state index is 14.0. The van der Waals surface area contributed by atoms with Crippen LogP contribution in [0.2, 0.25) is 0 Å². The number of benzene rings is 3. The summed E-state index contributed by atoms with van der Waals surface area (Å²) in [6.45, 7) is 1.81. The summed E-state index contributed by atoms with van der Waals surface area (Å²) in [6.07, 6.45) is -4.52. The molecule has 0 aliphatic rings. The number of alkyl halides is 3. The fourth-order valence-corrected chi connectivity index (χ4v) is 4.68. The molecule has 2 N–H and O–H groups in total. The minimum Gasteiger partial charge on any atom is -0.497 e. The average molecular weight is 531 g/mol. The van der Waals surface area contributed by atoms with Crippen LogP contribution < -0.4 is 10.3 Å². The Morgan fingerprint density at radius 3 is 2.33 bits per heavy atom. The Kier molecular flexibility index (Phi) is 6.36. The van der Waals surface area contributed by atoms with Gasteiger partial charge < -0.3 is 9.72 Å². The SMILES string of the molecule is COc1ccc2[nH]c(C)c(C(C(=O)c3ccc(C#N)cc3)c3cc(=O)n(-c4ccc(C(F)(F)F)cc4)[nH]3)c2c1. The molecule has 0 bridgehead atoms. The van der Waals surface area contributed by atoms with Crippen molar-refractivity contribution in [2.75, 3.05) is 7.11 Å². The van der Waals surface area contributed by atoms with E-state index in [-0.39, 0.29) is 17.2 Å². The van der Waals surface area contributed by atoms with Gasteiger partial charge in [-0.25, -0.2) is 4.68 Å². The molecule has 1 atom stereocenters. The van der Waals surface area contributed by atoms with Gasteiger partial charge in [0.05, 0.1) is 41.6 Å². The lowest BCUT2D eigenvalue weighted by atomic mass is 9.86. The minimum atomic E-state index is -4.52. The standard InChI is InChI=1S/C29H21F3N4O3/c1-16-26(22-13-21(39-2)11-12-23(22)34-16)27(28(38)18-5-3-17(15-33)4-6-18)24-14-25(37)36(35-24)20-9-7-19(8-10-20)29(30,31)32/h3-14,27,34-35H,1-2H3. The van der Waals surface area contributed by atoms with E-state index in [1.807, 2.05) is 19.1 Å². The van der Waals surface area contributed by atoms with Crippen LogP contribution in [0.5, 0.6) is 5.75 Å². The Morgan fingerprint density at radius 2 is 1.72 bits per heavy atom. The Hall–Kier alpha value is -5.04. The summed E-state index contributed by atoms with van der Waals surface area (Å²) in [5.41, 5.74) is 1.80. The number of hydrogen-bond donors (Lipinski definition) is 2. The molecule has 0 saturated heterocycles. The molecule has 1 unspecified atom stereocenters. The van der Waals surface area contributed by atoms with Gasteiger partial charge in [0, 0.05) is 28.2 Å². The molecule has 0 amide bonds. The van der Waals surface area contributed by atoms with E-state index in [0.29, 0.717) is 33.5 Å². The van der Waals surface area contributed by atoms with Crippen LogP contribution in [0.25, 0.3) is 16.6 Å². The van der Waals surface area contributed by atoms with Crippen molar-refractivity contribution >= 4 is 16.7 Å². The number of nitrogens with zero attached hydrogens (tertiary/aromatic N) is 2. The van der Waals surface area contributed by atoms with Crippen LogP contribution >= 0.6 is 0 Å². The lowest BCUT2D eigenvalue weighted by Gasteiger charge is -2.16. The second kappa shape index (κ2) is 9.68. The third-order valence-corrected chi connectivity index (χ3v) is 6.60. The van der Waals surface area contributed by atoms with Gasteiger partial charge in [0.1, 0.15) is 5.75 Å². The smallest absolute Gasteiger partial charge is 0.416 e. The third-order valence-electron chi connectivity index (χ3n) is 6.60. The number of carbonyl (C=O) groups is 1. The number of nitrogens with one attached hydrogen (secondary N) is 2. The van der Waals surface area contributed by atoms with Crippen molar-refractivity contribution < 1.29 is 22.7 Å². The number of rotatable bonds is 6. The zero-order valence-electron chi connectivity index (χ0n) is 20.8. The van der Waals surface area contributed by atoms with Gasteiger partial charge in [-0.3, -0.25) is 14.7 Å². The van der Waals surface area contributed by atoms with Crippen molar-refractivity contribution in [2.45, 2.75) is 19.0 Å². The number of carbonyl (C=O) groups excluding carboxylic acids is 1. The zero-order chi connectivity index (χ0) is 27.9. The molecule has 0 aliphatic heterocycles. The molecule has 0 fully saturated rings. The molecule has 2 heterocycles. The normalized spacial score (nSPS) is 12.3. The molecule has 0 saturated carbocycles. The first kappa shape index (κ1) is 25.6. The van der Waals surface area contributed by atoms with E-state index < -0.39 is 23.2 Å². The highest BCUT2D eigenvalue weighted by Gasteiger charge is 2.32. The molecule has 2 aromatic heterocycles. The van der Waals surface area contributed by atoms with Crippen LogP contribution in [0, 0.1) is 18.3 Å². The summed E-state index contributed by atoms with van der Waals surface area (Å²) in [6, 6.07) is 19.0. The summed E-state index contributed by atoms with van der Waals surface area (Å²) >= 11 is 0. The topological polar surface area (TPSA) is 104 Å². The Morgan fingerprint density at radius 1 is 1.03 bits per heavy atom. The van der Waals surface area contributed by atoms with Crippen molar-refractivity contribution in [3.63, 3.8) is 0 Å². The van der Waals surface area contributed by atoms with Gasteiger partial charge in [0.15, 0.2) is 5.78 Å². The average Bonchev–Trinajstić information content (AvgIpc) is 3.47. The molecule has 0 aliphatic carbocycles. The number of methoxy groups -OCH3 is 1. The van der Waals surface area contributed by atoms with Gasteiger partial charge >= 0.3 is 6.18 Å². The lowest BCUT2D eigenvalue weighted by molar-refractivity contribution is -0.137. The molecule has 5 aromatic rings. The van der Waals surface area contributed by atoms with Crippen molar-refractivity contribution in [1.29, 1.82) is 5.26 Å². The maximum Gasteiger partial charge on any atom is 0.416 e. The van der Waals surface area contributed by atoms with Crippen molar-refractivity contribution in [3.8, 4) is 17.5 Å². The number of aromatic nitrogens is 3. The summed E-state index contributed by atoms with van der Waals surface area (Å²) in [5.74, 6) is -0.752. The molecule has 39 heavy (non-hydrogen) atoms. The number of aromatic amines is 2. The molecule has 10 heteroatoms. The number of aryl methyl sites for hydroxylation is 1. The van der Waals surface area contributed by atoms with Crippen molar-refractivity contribution in [3.05, 3.63) is 117 Å². The highest BCUT2D eigenvalue weighted by molar-refractivity contribution is 6.05. The first-order chi connectivity index (χ1) is 18.6. The number of H-pyrrole nitrogens is 2. The molecule has 0 spiro atoms. The zero-order valence-corrected chi connectivity index (χ0v) is 20.8. The van der Waals surface area contributed by atoms with Crippen LogP contribution in [0.3, 0.4) is 0 Å². The minimum absolute atomic E-state index is 0.182. The van der Waals surface area contributed by atoms with E-state index >= 15 is 0 Å². The predicted octanol–water partition coefficient (Wildman–Crippen LogP) is 5.87. The van der Waals surface area contributed by atoms with Crippen LogP contribution in [0.15, 0.2) is 77.6 Å².